The molecule has 2 rings (SSSR count). The number of nitrogens with two attached hydrogens (primary N) is 2. The molecule has 1 aromatic rings. The van der Waals surface area contributed by atoms with Crippen LogP contribution in [0.5, 0.6) is 0 Å². The summed E-state index contributed by atoms with van der Waals surface area (Å²) in [4.78, 5) is 28.4. The van der Waals surface area contributed by atoms with E-state index in [1.807, 2.05) is 0 Å². The van der Waals surface area contributed by atoms with Gasteiger partial charge in [0.25, 0.3) is 0 Å². The van der Waals surface area contributed by atoms with Gasteiger partial charge in [0.15, 0.2) is 0 Å². The van der Waals surface area contributed by atoms with Crippen LogP contribution in [0.2, 0.25) is 0 Å². The lowest BCUT2D eigenvalue weighted by molar-refractivity contribution is -0.143. The van der Waals surface area contributed by atoms with Crippen molar-refractivity contribution in [1.29, 1.82) is 0 Å². The number of amides is 2. The molecule has 4 N–H and O–H groups in total. The lowest BCUT2D eigenvalue weighted by atomic mass is 10.0. The van der Waals surface area contributed by atoms with Gasteiger partial charge in [0.05, 0.1) is 17.7 Å². The Balaban J connectivity index is 2.17. The average Bonchev–Trinajstić information content (AvgIpc) is 2.59. The fraction of sp³-hybridized carbons (Fsp3) is 0.438. The number of hydrazine groups is 1. The normalized spacial score (nSPS) is 17.0. The van der Waals surface area contributed by atoms with Gasteiger partial charge in [-0.3, -0.25) is 15.4 Å². The van der Waals surface area contributed by atoms with E-state index in [2.05, 4.69) is 4.99 Å². The van der Waals surface area contributed by atoms with Gasteiger partial charge < -0.3 is 10.6 Å². The third-order valence-electron chi connectivity index (χ3n) is 4.07. The standard InChI is InChI=1S/C16H17F6N5O2/c17-15(18,19)10-5-9(6-11(7-10)16(20,21)22)14(23)25-12(28)1-2-26-3-4-27(24)8-13(26)29/h5-7H,1-4,8,24H2,(H2,23,25,28). The summed E-state index contributed by atoms with van der Waals surface area (Å²) in [6, 6.07) is 0.706. The zero-order valence-corrected chi connectivity index (χ0v) is 14.8. The molecular formula is C16H17F6N5O2. The molecule has 0 bridgehead atoms. The van der Waals surface area contributed by atoms with E-state index in [0.29, 0.717) is 18.7 Å². The quantitative estimate of drug-likeness (QED) is 0.328. The predicted octanol–water partition coefficient (Wildman–Crippen LogP) is 1.36. The van der Waals surface area contributed by atoms with Gasteiger partial charge in [-0.15, -0.1) is 0 Å². The molecule has 7 nitrogen and oxygen atoms in total. The fourth-order valence-electron chi connectivity index (χ4n) is 2.55. The maximum absolute atomic E-state index is 12.9. The fourth-order valence-corrected chi connectivity index (χ4v) is 2.55. The van der Waals surface area contributed by atoms with E-state index < -0.39 is 40.8 Å². The van der Waals surface area contributed by atoms with Crippen LogP contribution in [0.25, 0.3) is 0 Å². The minimum atomic E-state index is -5.05. The zero-order chi connectivity index (χ0) is 22.0. The smallest absolute Gasteiger partial charge is 0.383 e. The third-order valence-corrected chi connectivity index (χ3v) is 4.07. The molecule has 0 aliphatic carbocycles. The number of carbonyl (C=O) groups is 2. The molecule has 0 aromatic heterocycles. The van der Waals surface area contributed by atoms with Crippen LogP contribution in [-0.4, -0.2) is 53.7 Å². The molecule has 1 saturated heterocycles. The molecule has 1 aliphatic rings. The van der Waals surface area contributed by atoms with E-state index in [1.165, 1.54) is 9.91 Å². The Labute approximate surface area is 160 Å². The van der Waals surface area contributed by atoms with Crippen molar-refractivity contribution in [3.05, 3.63) is 34.9 Å². The molecule has 13 heteroatoms. The summed E-state index contributed by atoms with van der Waals surface area (Å²) in [7, 11) is 0. The van der Waals surface area contributed by atoms with Crippen molar-refractivity contribution in [3.8, 4) is 0 Å². The van der Waals surface area contributed by atoms with Gasteiger partial charge in [0, 0.05) is 31.6 Å². The van der Waals surface area contributed by atoms with E-state index >= 15 is 0 Å². The number of benzene rings is 1. The number of alkyl halides is 6. The molecule has 1 aromatic carbocycles. The summed E-state index contributed by atoms with van der Waals surface area (Å²) in [5.74, 6) is 3.48. The first-order valence-corrected chi connectivity index (χ1v) is 8.21. The second kappa shape index (κ2) is 8.37. The number of hydrogen-bond acceptors (Lipinski definition) is 4. The van der Waals surface area contributed by atoms with E-state index in [1.54, 1.807) is 0 Å². The molecular weight excluding hydrogens is 408 g/mol. The monoisotopic (exact) mass is 425 g/mol. The first kappa shape index (κ1) is 22.6. The summed E-state index contributed by atoms with van der Waals surface area (Å²) >= 11 is 0. The molecule has 1 aliphatic heterocycles. The van der Waals surface area contributed by atoms with Crippen molar-refractivity contribution in [1.82, 2.24) is 9.91 Å². The van der Waals surface area contributed by atoms with Crippen molar-refractivity contribution in [2.75, 3.05) is 26.2 Å². The van der Waals surface area contributed by atoms with Crippen molar-refractivity contribution in [3.63, 3.8) is 0 Å². The number of amidine groups is 1. The number of hydrogen-bond donors (Lipinski definition) is 2. The van der Waals surface area contributed by atoms with Crippen LogP contribution in [0, 0.1) is 0 Å². The van der Waals surface area contributed by atoms with Gasteiger partial charge in [-0.2, -0.15) is 31.3 Å². The molecule has 1 heterocycles. The van der Waals surface area contributed by atoms with Crippen LogP contribution < -0.4 is 11.6 Å². The third kappa shape index (κ3) is 6.15. The van der Waals surface area contributed by atoms with E-state index in [0.717, 1.165) is 0 Å². The highest BCUT2D eigenvalue weighted by atomic mass is 19.4. The second-order valence-electron chi connectivity index (χ2n) is 6.29. The average molecular weight is 425 g/mol. The summed E-state index contributed by atoms with van der Waals surface area (Å²) in [5, 5.41) is 1.29. The van der Waals surface area contributed by atoms with Gasteiger partial charge in [0.1, 0.15) is 5.84 Å². The van der Waals surface area contributed by atoms with E-state index in [-0.39, 0.29) is 38.0 Å². The predicted molar refractivity (Wildman–Crippen MR) is 89.1 cm³/mol. The minimum Gasteiger partial charge on any atom is -0.383 e. The van der Waals surface area contributed by atoms with Gasteiger partial charge in [0.2, 0.25) is 11.8 Å². The van der Waals surface area contributed by atoms with E-state index in [4.69, 9.17) is 11.6 Å². The lowest BCUT2D eigenvalue weighted by Crippen LogP contribution is -2.53. The Hall–Kier alpha value is -2.67. The molecule has 160 valence electrons. The number of piperazine rings is 1. The largest absolute Gasteiger partial charge is 0.416 e. The summed E-state index contributed by atoms with van der Waals surface area (Å²) in [6.07, 6.45) is -10.4. The van der Waals surface area contributed by atoms with Crippen molar-refractivity contribution in [2.45, 2.75) is 18.8 Å². The highest BCUT2D eigenvalue weighted by Crippen LogP contribution is 2.36. The summed E-state index contributed by atoms with van der Waals surface area (Å²) in [5.41, 5.74) is 1.64. The summed E-state index contributed by atoms with van der Waals surface area (Å²) < 4.78 is 77.3. The molecule has 0 spiro atoms. The number of nitrogens with zero attached hydrogens (tertiary/aromatic N) is 3. The Bertz CT molecular complexity index is 789. The van der Waals surface area contributed by atoms with Gasteiger partial charge in [-0.05, 0) is 18.2 Å². The first-order valence-electron chi connectivity index (χ1n) is 8.21. The van der Waals surface area contributed by atoms with Crippen LogP contribution >= 0.6 is 0 Å². The molecule has 0 saturated carbocycles. The molecule has 0 unspecified atom stereocenters. The molecule has 29 heavy (non-hydrogen) atoms. The second-order valence-corrected chi connectivity index (χ2v) is 6.29. The number of halogens is 6. The lowest BCUT2D eigenvalue weighted by Gasteiger charge is -2.31. The highest BCUT2D eigenvalue weighted by molar-refractivity contribution is 6.04. The van der Waals surface area contributed by atoms with Crippen LogP contribution in [0.3, 0.4) is 0 Å². The topological polar surface area (TPSA) is 105 Å². The SMILES string of the molecule is NC(=NC(=O)CCN1CCN(N)CC1=O)c1cc(C(F)(F)F)cc(C(F)(F)F)c1. The molecule has 2 amide bonds. The van der Waals surface area contributed by atoms with Crippen LogP contribution in [0.1, 0.15) is 23.1 Å². The van der Waals surface area contributed by atoms with Gasteiger partial charge in [-0.25, -0.2) is 5.01 Å². The van der Waals surface area contributed by atoms with Crippen LogP contribution in [-0.2, 0) is 21.9 Å². The zero-order valence-electron chi connectivity index (χ0n) is 14.8. The number of aliphatic imine (C=N–C) groups is 1. The van der Waals surface area contributed by atoms with E-state index in [9.17, 15) is 35.9 Å². The number of rotatable bonds is 4. The Kier molecular flexibility index (Phi) is 6.53. The Morgan fingerprint density at radius 1 is 1.03 bits per heavy atom. The minimum absolute atomic E-state index is 0.0291. The van der Waals surface area contributed by atoms with Crippen molar-refractivity contribution >= 4 is 17.6 Å². The van der Waals surface area contributed by atoms with Gasteiger partial charge >= 0.3 is 12.4 Å². The summed E-state index contributed by atoms with van der Waals surface area (Å²) in [6.45, 7) is 0.586. The Morgan fingerprint density at radius 3 is 2.07 bits per heavy atom. The molecule has 0 atom stereocenters. The van der Waals surface area contributed by atoms with Crippen molar-refractivity contribution in [2.24, 2.45) is 16.6 Å². The Morgan fingerprint density at radius 2 is 1.59 bits per heavy atom. The molecule has 1 fully saturated rings. The van der Waals surface area contributed by atoms with Crippen molar-refractivity contribution < 1.29 is 35.9 Å². The van der Waals surface area contributed by atoms with Gasteiger partial charge in [-0.1, -0.05) is 0 Å². The van der Waals surface area contributed by atoms with Crippen LogP contribution in [0.4, 0.5) is 26.3 Å². The van der Waals surface area contributed by atoms with Crippen LogP contribution in [0.15, 0.2) is 23.2 Å². The number of carbonyl (C=O) groups excluding carboxylic acids is 2. The first-order chi connectivity index (χ1) is 13.3. The highest BCUT2D eigenvalue weighted by Gasteiger charge is 2.37. The molecule has 0 radical (unpaired) electrons. The maximum Gasteiger partial charge on any atom is 0.416 e. The maximum atomic E-state index is 12.9.